The normalized spacial score (nSPS) is 14.4. The topological polar surface area (TPSA) is 58.2 Å². The molecule has 3 aromatic carbocycles. The maximum Gasteiger partial charge on any atom is 0.255 e. The molecule has 2 amide bonds. The summed E-state index contributed by atoms with van der Waals surface area (Å²) in [6.45, 7) is 0. The highest BCUT2D eigenvalue weighted by atomic mass is 35.5. The number of rotatable bonds is 5. The lowest BCUT2D eigenvalue weighted by molar-refractivity contribution is -0.124. The Morgan fingerprint density at radius 2 is 1.65 bits per heavy atom. The van der Waals surface area contributed by atoms with Crippen molar-refractivity contribution in [2.24, 2.45) is 0 Å². The molecule has 0 aliphatic heterocycles. The molecule has 31 heavy (non-hydrogen) atoms. The second kappa shape index (κ2) is 8.47. The van der Waals surface area contributed by atoms with E-state index in [0.717, 1.165) is 24.1 Å². The molecule has 0 spiro atoms. The Labute approximate surface area is 183 Å². The highest BCUT2D eigenvalue weighted by Gasteiger charge is 2.45. The number of hydrogen-bond donors (Lipinski definition) is 2. The average molecular weight is 441 g/mol. The van der Waals surface area contributed by atoms with Gasteiger partial charge in [0.2, 0.25) is 5.91 Å². The van der Waals surface area contributed by atoms with Gasteiger partial charge in [-0.1, -0.05) is 36.2 Å². The first-order valence-electron chi connectivity index (χ1n) is 9.81. The van der Waals surface area contributed by atoms with Gasteiger partial charge in [0.1, 0.15) is 11.6 Å². The van der Waals surface area contributed by atoms with E-state index in [1.807, 2.05) is 0 Å². The first-order valence-corrected chi connectivity index (χ1v) is 10.2. The van der Waals surface area contributed by atoms with Crippen LogP contribution in [-0.4, -0.2) is 11.8 Å². The zero-order valence-corrected chi connectivity index (χ0v) is 17.2. The molecule has 0 radical (unpaired) electrons. The number of halogens is 3. The van der Waals surface area contributed by atoms with E-state index in [0.29, 0.717) is 29.1 Å². The Bertz CT molecular complexity index is 1140. The maximum atomic E-state index is 14.0. The van der Waals surface area contributed by atoms with Crippen LogP contribution >= 0.6 is 11.6 Å². The maximum absolute atomic E-state index is 14.0. The predicted octanol–water partition coefficient (Wildman–Crippen LogP) is 5.93. The molecule has 0 saturated heterocycles. The lowest BCUT2D eigenvalue weighted by Gasteiger charge is -2.40. The van der Waals surface area contributed by atoms with E-state index >= 15 is 0 Å². The standard InChI is InChI=1S/C24H19ClF2N2O2/c25-17-4-1-3-15(13-17)22(30)28-19-8-5-16(6-9-19)24(11-2-12-24)23(31)29-21-10-7-18(26)14-20(21)27/h1,3-10,13-14H,2,11-12H2,(H,28,30)(H,29,31). The fourth-order valence-electron chi connectivity index (χ4n) is 3.72. The molecule has 4 rings (SSSR count). The van der Waals surface area contributed by atoms with Gasteiger partial charge in [0.15, 0.2) is 0 Å². The Morgan fingerprint density at radius 3 is 2.26 bits per heavy atom. The summed E-state index contributed by atoms with van der Waals surface area (Å²) in [5.41, 5.74) is 0.958. The average Bonchev–Trinajstić information content (AvgIpc) is 2.70. The van der Waals surface area contributed by atoms with Gasteiger partial charge in [0, 0.05) is 22.3 Å². The van der Waals surface area contributed by atoms with Crippen LogP contribution in [-0.2, 0) is 10.2 Å². The van der Waals surface area contributed by atoms with Crippen molar-refractivity contribution < 1.29 is 18.4 Å². The molecular formula is C24H19ClF2N2O2. The van der Waals surface area contributed by atoms with Crippen molar-refractivity contribution in [3.05, 3.63) is 94.5 Å². The molecule has 2 N–H and O–H groups in total. The van der Waals surface area contributed by atoms with Gasteiger partial charge in [-0.3, -0.25) is 9.59 Å². The van der Waals surface area contributed by atoms with Crippen molar-refractivity contribution in [2.75, 3.05) is 10.6 Å². The third-order valence-corrected chi connectivity index (χ3v) is 5.84. The van der Waals surface area contributed by atoms with Crippen LogP contribution in [0.4, 0.5) is 20.2 Å². The van der Waals surface area contributed by atoms with Gasteiger partial charge in [0.25, 0.3) is 5.91 Å². The highest BCUT2D eigenvalue weighted by molar-refractivity contribution is 6.31. The lowest BCUT2D eigenvalue weighted by atomic mass is 9.63. The SMILES string of the molecule is O=C(Nc1ccc(C2(C(=O)Nc3ccc(F)cc3F)CCC2)cc1)c1cccc(Cl)c1. The second-order valence-corrected chi connectivity index (χ2v) is 7.99. The molecule has 7 heteroatoms. The molecule has 0 aromatic heterocycles. The lowest BCUT2D eigenvalue weighted by Crippen LogP contribution is -2.46. The molecule has 1 aliphatic rings. The third-order valence-electron chi connectivity index (χ3n) is 5.60. The van der Waals surface area contributed by atoms with Crippen molar-refractivity contribution in [3.63, 3.8) is 0 Å². The monoisotopic (exact) mass is 440 g/mol. The van der Waals surface area contributed by atoms with Gasteiger partial charge in [-0.2, -0.15) is 0 Å². The summed E-state index contributed by atoms with van der Waals surface area (Å²) in [7, 11) is 0. The third kappa shape index (κ3) is 4.30. The fourth-order valence-corrected chi connectivity index (χ4v) is 3.91. The van der Waals surface area contributed by atoms with E-state index in [1.165, 1.54) is 6.07 Å². The van der Waals surface area contributed by atoms with Crippen molar-refractivity contribution in [1.29, 1.82) is 0 Å². The minimum Gasteiger partial charge on any atom is -0.323 e. The quantitative estimate of drug-likeness (QED) is 0.516. The number of hydrogen-bond acceptors (Lipinski definition) is 2. The van der Waals surface area contributed by atoms with Crippen molar-refractivity contribution in [3.8, 4) is 0 Å². The van der Waals surface area contributed by atoms with Gasteiger partial charge in [0.05, 0.1) is 11.1 Å². The molecule has 158 valence electrons. The van der Waals surface area contributed by atoms with E-state index in [-0.39, 0.29) is 17.5 Å². The molecule has 4 nitrogen and oxygen atoms in total. The Kier molecular flexibility index (Phi) is 5.74. The summed E-state index contributed by atoms with van der Waals surface area (Å²) in [5, 5.41) is 5.86. The van der Waals surface area contributed by atoms with Crippen molar-refractivity contribution in [1.82, 2.24) is 0 Å². The minimum atomic E-state index is -0.818. The Morgan fingerprint density at radius 1 is 0.903 bits per heavy atom. The molecule has 0 bridgehead atoms. The number of amides is 2. The van der Waals surface area contributed by atoms with Crippen LogP contribution in [0.25, 0.3) is 0 Å². The van der Waals surface area contributed by atoms with Crippen LogP contribution in [0.3, 0.4) is 0 Å². The number of nitrogens with one attached hydrogen (secondary N) is 2. The highest BCUT2D eigenvalue weighted by Crippen LogP contribution is 2.45. The summed E-state index contributed by atoms with van der Waals surface area (Å²) in [5.74, 6) is -2.15. The Hall–Kier alpha value is -3.25. The number of benzene rings is 3. The van der Waals surface area contributed by atoms with Gasteiger partial charge in [-0.15, -0.1) is 0 Å². The summed E-state index contributed by atoms with van der Waals surface area (Å²) < 4.78 is 27.1. The van der Waals surface area contributed by atoms with E-state index < -0.39 is 17.0 Å². The first-order chi connectivity index (χ1) is 14.9. The summed E-state index contributed by atoms with van der Waals surface area (Å²) >= 11 is 5.93. The number of carbonyl (C=O) groups is 2. The molecule has 1 fully saturated rings. The van der Waals surface area contributed by atoms with Gasteiger partial charge < -0.3 is 10.6 Å². The summed E-state index contributed by atoms with van der Waals surface area (Å²) in [4.78, 5) is 25.4. The van der Waals surface area contributed by atoms with Gasteiger partial charge in [-0.25, -0.2) is 8.78 Å². The zero-order chi connectivity index (χ0) is 22.0. The van der Waals surface area contributed by atoms with Crippen molar-refractivity contribution in [2.45, 2.75) is 24.7 Å². The van der Waals surface area contributed by atoms with E-state index in [2.05, 4.69) is 10.6 Å². The summed E-state index contributed by atoms with van der Waals surface area (Å²) in [6, 6.07) is 16.7. The van der Waals surface area contributed by atoms with Crippen LogP contribution in [0, 0.1) is 11.6 Å². The number of carbonyl (C=O) groups excluding carboxylic acids is 2. The number of anilines is 2. The molecule has 0 heterocycles. The minimum absolute atomic E-state index is 0.0527. The van der Waals surface area contributed by atoms with Crippen LogP contribution in [0.5, 0.6) is 0 Å². The first kappa shape index (κ1) is 21.0. The molecule has 0 unspecified atom stereocenters. The van der Waals surface area contributed by atoms with Crippen LogP contribution < -0.4 is 10.6 Å². The van der Waals surface area contributed by atoms with E-state index in [9.17, 15) is 18.4 Å². The predicted molar refractivity (Wildman–Crippen MR) is 116 cm³/mol. The molecule has 1 aliphatic carbocycles. The van der Waals surface area contributed by atoms with Gasteiger partial charge >= 0.3 is 0 Å². The van der Waals surface area contributed by atoms with Crippen LogP contribution in [0.2, 0.25) is 5.02 Å². The molecule has 3 aromatic rings. The molecule has 1 saturated carbocycles. The van der Waals surface area contributed by atoms with Gasteiger partial charge in [-0.05, 0) is 60.9 Å². The van der Waals surface area contributed by atoms with E-state index in [4.69, 9.17) is 11.6 Å². The van der Waals surface area contributed by atoms with Crippen LogP contribution in [0.15, 0.2) is 66.7 Å². The second-order valence-electron chi connectivity index (χ2n) is 7.56. The Balaban J connectivity index is 1.50. The zero-order valence-electron chi connectivity index (χ0n) is 16.4. The van der Waals surface area contributed by atoms with Crippen LogP contribution in [0.1, 0.15) is 35.2 Å². The largest absolute Gasteiger partial charge is 0.323 e. The smallest absolute Gasteiger partial charge is 0.255 e. The molecule has 0 atom stereocenters. The van der Waals surface area contributed by atoms with Crippen molar-refractivity contribution >= 4 is 34.8 Å². The summed E-state index contributed by atoms with van der Waals surface area (Å²) in [6.07, 6.45) is 2.11. The fraction of sp³-hybridized carbons (Fsp3) is 0.167. The van der Waals surface area contributed by atoms with E-state index in [1.54, 1.807) is 48.5 Å². The molecular weight excluding hydrogens is 422 g/mol.